The number of esters is 1. The van der Waals surface area contributed by atoms with Gasteiger partial charge in [0.2, 0.25) is 5.88 Å². The Hall–Kier alpha value is -3.03. The molecule has 0 fully saturated rings. The maximum Gasteiger partial charge on any atom is 0.342 e. The first kappa shape index (κ1) is 16.3. The Bertz CT molecular complexity index is 725. The molecule has 122 valence electrons. The number of carbonyl (C=O) groups excluding carboxylic acids is 2. The second-order valence-corrected chi connectivity index (χ2v) is 4.73. The molecule has 0 saturated carbocycles. The van der Waals surface area contributed by atoms with Crippen molar-refractivity contribution >= 4 is 17.8 Å². The van der Waals surface area contributed by atoms with Crippen molar-refractivity contribution in [1.29, 1.82) is 0 Å². The normalized spacial score (nSPS) is 11.6. The molecule has 8 nitrogen and oxygen atoms in total. The van der Waals surface area contributed by atoms with Crippen LogP contribution in [0, 0.1) is 6.92 Å². The van der Waals surface area contributed by atoms with Crippen LogP contribution in [0.4, 0.5) is 5.88 Å². The summed E-state index contributed by atoms with van der Waals surface area (Å²) in [5.41, 5.74) is 0.505. The lowest BCUT2D eigenvalue weighted by Crippen LogP contribution is -2.29. The summed E-state index contributed by atoms with van der Waals surface area (Å²) in [6, 6.07) is 5.91. The fraction of sp³-hybridized carbons (Fsp3) is 0.267. The van der Waals surface area contributed by atoms with Gasteiger partial charge in [-0.2, -0.15) is 0 Å². The molecule has 1 aromatic carbocycles. The first-order chi connectivity index (χ1) is 10.9. The van der Waals surface area contributed by atoms with E-state index in [0.29, 0.717) is 5.69 Å². The van der Waals surface area contributed by atoms with Crippen molar-refractivity contribution in [3.63, 3.8) is 0 Å². The molecular formula is C15H16N2O6. The third kappa shape index (κ3) is 3.79. The minimum Gasteiger partial charge on any atom is -0.504 e. The summed E-state index contributed by atoms with van der Waals surface area (Å²) < 4.78 is 14.8. The second kappa shape index (κ2) is 6.82. The van der Waals surface area contributed by atoms with Gasteiger partial charge in [0.25, 0.3) is 5.91 Å². The van der Waals surface area contributed by atoms with Crippen molar-refractivity contribution in [3.8, 4) is 11.5 Å². The number of nitrogens with zero attached hydrogens (tertiary/aromatic N) is 1. The maximum atomic E-state index is 12.1. The number of aromatic hydroxyl groups is 1. The number of rotatable bonds is 5. The molecule has 2 N–H and O–H groups in total. The van der Waals surface area contributed by atoms with E-state index in [1.54, 1.807) is 6.92 Å². The number of para-hydroxylation sites is 1. The summed E-state index contributed by atoms with van der Waals surface area (Å²) in [6.07, 6.45) is -1.10. The van der Waals surface area contributed by atoms with Crippen LogP contribution < -0.4 is 10.1 Å². The highest BCUT2D eigenvalue weighted by atomic mass is 16.5. The Morgan fingerprint density at radius 1 is 1.39 bits per heavy atom. The molecule has 1 amide bonds. The first-order valence-electron chi connectivity index (χ1n) is 6.73. The molecule has 1 heterocycles. The van der Waals surface area contributed by atoms with Crippen LogP contribution in [-0.2, 0) is 9.53 Å². The third-order valence-corrected chi connectivity index (χ3v) is 2.97. The van der Waals surface area contributed by atoms with Gasteiger partial charge in [0.05, 0.1) is 12.8 Å². The number of methoxy groups -OCH3 is 1. The van der Waals surface area contributed by atoms with Gasteiger partial charge in [-0.3, -0.25) is 10.1 Å². The number of amides is 1. The molecule has 0 bridgehead atoms. The molecule has 0 aliphatic rings. The maximum absolute atomic E-state index is 12.1. The molecule has 8 heteroatoms. The van der Waals surface area contributed by atoms with Gasteiger partial charge in [0, 0.05) is 6.07 Å². The topological polar surface area (TPSA) is 111 Å². The second-order valence-electron chi connectivity index (χ2n) is 4.73. The minimum atomic E-state index is -1.10. The van der Waals surface area contributed by atoms with Crippen LogP contribution in [0.25, 0.3) is 0 Å². The number of carbonyl (C=O) groups is 2. The van der Waals surface area contributed by atoms with E-state index < -0.39 is 18.0 Å². The molecule has 2 aromatic rings. The number of hydrogen-bond donors (Lipinski definition) is 2. The highest BCUT2D eigenvalue weighted by molar-refractivity contribution is 5.98. The molecular weight excluding hydrogens is 304 g/mol. The van der Waals surface area contributed by atoms with Gasteiger partial charge in [-0.05, 0) is 26.0 Å². The van der Waals surface area contributed by atoms with Crippen LogP contribution in [0.2, 0.25) is 0 Å². The van der Waals surface area contributed by atoms with E-state index >= 15 is 0 Å². The highest BCUT2D eigenvalue weighted by Crippen LogP contribution is 2.30. The van der Waals surface area contributed by atoms with Crippen LogP contribution in [-0.4, -0.2) is 35.4 Å². The summed E-state index contributed by atoms with van der Waals surface area (Å²) in [5, 5.41) is 15.9. The van der Waals surface area contributed by atoms with Gasteiger partial charge in [-0.1, -0.05) is 11.2 Å². The number of phenolic OH excluding ortho intramolecular Hbond substituents is 1. The van der Waals surface area contributed by atoms with Crippen LogP contribution >= 0.6 is 0 Å². The number of nitrogens with one attached hydrogen (secondary N) is 1. The lowest BCUT2D eigenvalue weighted by Gasteiger charge is -2.13. The van der Waals surface area contributed by atoms with E-state index in [1.165, 1.54) is 38.3 Å². The largest absolute Gasteiger partial charge is 0.504 e. The fourth-order valence-electron chi connectivity index (χ4n) is 1.77. The molecule has 23 heavy (non-hydrogen) atoms. The first-order valence-corrected chi connectivity index (χ1v) is 6.73. The van der Waals surface area contributed by atoms with Crippen LogP contribution in [0.5, 0.6) is 11.5 Å². The standard InChI is InChI=1S/C15H16N2O6/c1-8-7-12(23-17-8)16-14(19)9(2)22-15(20)10-5-4-6-11(21-3)13(10)18/h4-7,9,18H,1-3H3,(H,16,19). The monoisotopic (exact) mass is 320 g/mol. The third-order valence-electron chi connectivity index (χ3n) is 2.97. The minimum absolute atomic E-state index is 0.0977. The number of aryl methyl sites for hydroxylation is 1. The molecule has 0 radical (unpaired) electrons. The summed E-state index contributed by atoms with van der Waals surface area (Å²) in [6.45, 7) is 3.10. The van der Waals surface area contributed by atoms with Gasteiger partial charge in [-0.15, -0.1) is 0 Å². The number of benzene rings is 1. The summed E-state index contributed by atoms with van der Waals surface area (Å²) in [4.78, 5) is 24.0. The number of phenols is 1. The van der Waals surface area contributed by atoms with E-state index in [-0.39, 0.29) is 22.9 Å². The Morgan fingerprint density at radius 2 is 2.13 bits per heavy atom. The van der Waals surface area contributed by atoms with E-state index in [4.69, 9.17) is 14.0 Å². The van der Waals surface area contributed by atoms with E-state index in [2.05, 4.69) is 10.5 Å². The molecule has 0 spiro atoms. The van der Waals surface area contributed by atoms with Gasteiger partial charge >= 0.3 is 5.97 Å². The quantitative estimate of drug-likeness (QED) is 0.809. The smallest absolute Gasteiger partial charge is 0.342 e. The van der Waals surface area contributed by atoms with Crippen molar-refractivity contribution in [3.05, 3.63) is 35.5 Å². The van der Waals surface area contributed by atoms with Crippen LogP contribution in [0.1, 0.15) is 23.0 Å². The van der Waals surface area contributed by atoms with Gasteiger partial charge < -0.3 is 19.1 Å². The zero-order valence-corrected chi connectivity index (χ0v) is 12.8. The SMILES string of the molecule is COc1cccc(C(=O)OC(C)C(=O)Nc2cc(C)no2)c1O. The van der Waals surface area contributed by atoms with Gasteiger partial charge in [0.1, 0.15) is 5.56 Å². The van der Waals surface area contributed by atoms with Gasteiger partial charge in [-0.25, -0.2) is 4.79 Å². The predicted molar refractivity (Wildman–Crippen MR) is 79.4 cm³/mol. The van der Waals surface area contributed by atoms with E-state index in [9.17, 15) is 14.7 Å². The Kier molecular flexibility index (Phi) is 4.85. The van der Waals surface area contributed by atoms with Crippen LogP contribution in [0.15, 0.2) is 28.8 Å². The Morgan fingerprint density at radius 3 is 2.74 bits per heavy atom. The lowest BCUT2D eigenvalue weighted by molar-refractivity contribution is -0.123. The summed E-state index contributed by atoms with van der Waals surface area (Å²) in [5.74, 6) is -1.50. The molecule has 1 unspecified atom stereocenters. The predicted octanol–water partition coefficient (Wildman–Crippen LogP) is 1.88. The van der Waals surface area contributed by atoms with Gasteiger partial charge in [0.15, 0.2) is 17.6 Å². The average molecular weight is 320 g/mol. The molecule has 1 atom stereocenters. The Balaban J connectivity index is 2.03. The number of aromatic nitrogens is 1. The number of hydrogen-bond acceptors (Lipinski definition) is 7. The molecule has 0 aliphatic heterocycles. The molecule has 0 aliphatic carbocycles. The van der Waals surface area contributed by atoms with E-state index in [0.717, 1.165) is 0 Å². The lowest BCUT2D eigenvalue weighted by atomic mass is 10.2. The van der Waals surface area contributed by atoms with Crippen molar-refractivity contribution in [2.75, 3.05) is 12.4 Å². The summed E-state index contributed by atoms with van der Waals surface area (Å²) >= 11 is 0. The van der Waals surface area contributed by atoms with Crippen molar-refractivity contribution in [2.45, 2.75) is 20.0 Å². The highest BCUT2D eigenvalue weighted by Gasteiger charge is 2.23. The van der Waals surface area contributed by atoms with Crippen molar-refractivity contribution in [2.24, 2.45) is 0 Å². The van der Waals surface area contributed by atoms with Crippen molar-refractivity contribution < 1.29 is 28.7 Å². The number of ether oxygens (including phenoxy) is 2. The fourth-order valence-corrected chi connectivity index (χ4v) is 1.77. The van der Waals surface area contributed by atoms with Crippen molar-refractivity contribution in [1.82, 2.24) is 5.16 Å². The van der Waals surface area contributed by atoms with E-state index in [1.807, 2.05) is 0 Å². The zero-order chi connectivity index (χ0) is 17.0. The number of anilines is 1. The Labute approximate surface area is 132 Å². The molecule has 0 saturated heterocycles. The average Bonchev–Trinajstić information content (AvgIpc) is 2.92. The molecule has 2 rings (SSSR count). The summed E-state index contributed by atoms with van der Waals surface area (Å²) in [7, 11) is 1.36. The molecule has 1 aromatic heterocycles. The van der Waals surface area contributed by atoms with Crippen LogP contribution in [0.3, 0.4) is 0 Å². The zero-order valence-electron chi connectivity index (χ0n) is 12.8.